The van der Waals surface area contributed by atoms with Crippen molar-refractivity contribution in [2.75, 3.05) is 53.4 Å². The molecule has 0 aliphatic carbocycles. The highest BCUT2D eigenvalue weighted by atomic mass is 15.1. The molecule has 3 rings (SSSR count). The van der Waals surface area contributed by atoms with E-state index in [1.165, 1.54) is 103 Å². The van der Waals surface area contributed by atoms with E-state index in [4.69, 9.17) is 0 Å². The molecule has 0 atom stereocenters. The first-order chi connectivity index (χ1) is 11.2. The maximum atomic E-state index is 3.28. The van der Waals surface area contributed by atoms with E-state index in [1.807, 2.05) is 0 Å². The quantitative estimate of drug-likeness (QED) is 0.853. The Kier molecular flexibility index (Phi) is 9.55. The van der Waals surface area contributed by atoms with Crippen LogP contribution in [0.2, 0.25) is 0 Å². The van der Waals surface area contributed by atoms with Gasteiger partial charge in [-0.3, -0.25) is 0 Å². The summed E-state index contributed by atoms with van der Waals surface area (Å²) in [5, 5.41) is 3.28. The first-order valence-electron chi connectivity index (χ1n) is 10.3. The lowest BCUT2D eigenvalue weighted by Gasteiger charge is -2.31. The Morgan fingerprint density at radius 1 is 0.696 bits per heavy atom. The molecule has 0 saturated carbocycles. The topological polar surface area (TPSA) is 18.5 Å². The number of likely N-dealkylation sites (tertiary alicyclic amines) is 2. The van der Waals surface area contributed by atoms with Gasteiger partial charge in [-0.25, -0.2) is 0 Å². The van der Waals surface area contributed by atoms with E-state index in [0.29, 0.717) is 0 Å². The molecule has 0 bridgehead atoms. The Balaban J connectivity index is 0.000000268. The second-order valence-corrected chi connectivity index (χ2v) is 8.23. The Bertz CT molecular complexity index is 241. The summed E-state index contributed by atoms with van der Waals surface area (Å²) in [6.07, 6.45) is 14.5. The Labute approximate surface area is 145 Å². The zero-order valence-electron chi connectivity index (χ0n) is 15.9. The molecule has 3 aliphatic rings. The number of hydrogen-bond donors (Lipinski definition) is 1. The SMILES string of the molecule is C1CCNCC1.CN1CCC(CCCC2CCN(C)CC2)CC1. The van der Waals surface area contributed by atoms with Gasteiger partial charge in [-0.15, -0.1) is 0 Å². The average Bonchev–Trinajstić information content (AvgIpc) is 2.61. The molecule has 3 heterocycles. The fourth-order valence-corrected chi connectivity index (χ4v) is 4.20. The van der Waals surface area contributed by atoms with E-state index in [0.717, 1.165) is 11.8 Å². The molecule has 0 amide bonds. The summed E-state index contributed by atoms with van der Waals surface area (Å²) in [5.41, 5.74) is 0. The van der Waals surface area contributed by atoms with Crippen LogP contribution in [0.4, 0.5) is 0 Å². The smallest absolute Gasteiger partial charge is 0.00191 e. The van der Waals surface area contributed by atoms with E-state index < -0.39 is 0 Å². The molecule has 1 N–H and O–H groups in total. The van der Waals surface area contributed by atoms with Crippen molar-refractivity contribution in [1.82, 2.24) is 15.1 Å². The van der Waals surface area contributed by atoms with Crippen LogP contribution in [0.1, 0.15) is 64.2 Å². The molecule has 23 heavy (non-hydrogen) atoms. The van der Waals surface area contributed by atoms with Crippen LogP contribution in [-0.2, 0) is 0 Å². The summed E-state index contributed by atoms with van der Waals surface area (Å²) in [6, 6.07) is 0. The lowest BCUT2D eigenvalue weighted by molar-refractivity contribution is 0.191. The van der Waals surface area contributed by atoms with Gasteiger partial charge in [0.05, 0.1) is 0 Å². The molecule has 0 unspecified atom stereocenters. The molecule has 0 spiro atoms. The molecular formula is C20H41N3. The Morgan fingerprint density at radius 2 is 1.13 bits per heavy atom. The Morgan fingerprint density at radius 3 is 1.43 bits per heavy atom. The zero-order chi connectivity index (χ0) is 16.3. The summed E-state index contributed by atoms with van der Waals surface area (Å²) >= 11 is 0. The van der Waals surface area contributed by atoms with Gasteiger partial charge in [0.1, 0.15) is 0 Å². The molecular weight excluding hydrogens is 282 g/mol. The van der Waals surface area contributed by atoms with Gasteiger partial charge < -0.3 is 15.1 Å². The van der Waals surface area contributed by atoms with Crippen molar-refractivity contribution in [2.24, 2.45) is 11.8 Å². The van der Waals surface area contributed by atoms with E-state index in [9.17, 15) is 0 Å². The van der Waals surface area contributed by atoms with Crippen molar-refractivity contribution in [3.05, 3.63) is 0 Å². The van der Waals surface area contributed by atoms with Gasteiger partial charge in [-0.05, 0) is 104 Å². The van der Waals surface area contributed by atoms with Crippen molar-refractivity contribution < 1.29 is 0 Å². The van der Waals surface area contributed by atoms with Crippen LogP contribution >= 0.6 is 0 Å². The van der Waals surface area contributed by atoms with E-state index in [1.54, 1.807) is 0 Å². The van der Waals surface area contributed by atoms with E-state index in [2.05, 4.69) is 29.2 Å². The highest BCUT2D eigenvalue weighted by molar-refractivity contribution is 4.73. The van der Waals surface area contributed by atoms with E-state index in [-0.39, 0.29) is 0 Å². The lowest BCUT2D eigenvalue weighted by Crippen LogP contribution is -2.31. The molecule has 3 heteroatoms. The van der Waals surface area contributed by atoms with Crippen LogP contribution in [0.3, 0.4) is 0 Å². The van der Waals surface area contributed by atoms with Gasteiger partial charge in [0.2, 0.25) is 0 Å². The third-order valence-electron chi connectivity index (χ3n) is 6.11. The normalized spacial score (nSPS) is 25.8. The number of piperidine rings is 3. The van der Waals surface area contributed by atoms with Crippen molar-refractivity contribution in [3.63, 3.8) is 0 Å². The van der Waals surface area contributed by atoms with Crippen molar-refractivity contribution in [1.29, 1.82) is 0 Å². The monoisotopic (exact) mass is 323 g/mol. The highest BCUT2D eigenvalue weighted by Gasteiger charge is 2.19. The standard InChI is InChI=1S/C15H30N2.C5H11N/c1-16-10-6-14(7-11-16)4-3-5-15-8-12-17(2)13-9-15;1-2-4-6-5-3-1/h14-15H,3-13H2,1-2H3;6H,1-5H2. The summed E-state index contributed by atoms with van der Waals surface area (Å²) < 4.78 is 0. The van der Waals surface area contributed by atoms with Gasteiger partial charge in [0, 0.05) is 0 Å². The molecule has 0 radical (unpaired) electrons. The van der Waals surface area contributed by atoms with Gasteiger partial charge in [-0.1, -0.05) is 25.7 Å². The lowest BCUT2D eigenvalue weighted by atomic mass is 9.87. The van der Waals surface area contributed by atoms with Crippen molar-refractivity contribution in [2.45, 2.75) is 64.2 Å². The first kappa shape index (κ1) is 19.2. The molecule has 3 nitrogen and oxygen atoms in total. The maximum Gasteiger partial charge on any atom is -0.00191 e. The third-order valence-corrected chi connectivity index (χ3v) is 6.11. The molecule has 3 fully saturated rings. The second kappa shape index (κ2) is 11.4. The van der Waals surface area contributed by atoms with Crippen LogP contribution in [0.5, 0.6) is 0 Å². The summed E-state index contributed by atoms with van der Waals surface area (Å²) in [6.45, 7) is 7.83. The zero-order valence-corrected chi connectivity index (χ0v) is 15.9. The van der Waals surface area contributed by atoms with E-state index >= 15 is 0 Å². The largest absolute Gasteiger partial charge is 0.317 e. The molecule has 136 valence electrons. The number of nitrogens with one attached hydrogen (secondary N) is 1. The minimum absolute atomic E-state index is 1.04. The fourth-order valence-electron chi connectivity index (χ4n) is 4.20. The minimum atomic E-state index is 1.04. The molecule has 0 aromatic carbocycles. The predicted octanol–water partition coefficient (Wildman–Crippen LogP) is 3.60. The molecule has 3 aliphatic heterocycles. The molecule has 0 aromatic heterocycles. The highest BCUT2D eigenvalue weighted by Crippen LogP contribution is 2.26. The van der Waals surface area contributed by atoms with Crippen LogP contribution in [0.15, 0.2) is 0 Å². The van der Waals surface area contributed by atoms with Crippen molar-refractivity contribution >= 4 is 0 Å². The summed E-state index contributed by atoms with van der Waals surface area (Å²) in [7, 11) is 4.52. The first-order valence-corrected chi connectivity index (χ1v) is 10.3. The van der Waals surface area contributed by atoms with Gasteiger partial charge in [0.25, 0.3) is 0 Å². The molecule has 3 saturated heterocycles. The Hall–Kier alpha value is -0.120. The fraction of sp³-hybridized carbons (Fsp3) is 1.00. The summed E-state index contributed by atoms with van der Waals surface area (Å²) in [4.78, 5) is 4.96. The molecule has 0 aromatic rings. The second-order valence-electron chi connectivity index (χ2n) is 8.23. The van der Waals surface area contributed by atoms with Crippen molar-refractivity contribution in [3.8, 4) is 0 Å². The van der Waals surface area contributed by atoms with Crippen LogP contribution in [-0.4, -0.2) is 63.2 Å². The third kappa shape index (κ3) is 8.51. The number of rotatable bonds is 4. The van der Waals surface area contributed by atoms with Gasteiger partial charge >= 0.3 is 0 Å². The minimum Gasteiger partial charge on any atom is -0.317 e. The van der Waals surface area contributed by atoms with Gasteiger partial charge in [-0.2, -0.15) is 0 Å². The van der Waals surface area contributed by atoms with Crippen LogP contribution < -0.4 is 5.32 Å². The maximum absolute atomic E-state index is 3.28. The predicted molar refractivity (Wildman–Crippen MR) is 101 cm³/mol. The average molecular weight is 324 g/mol. The number of hydrogen-bond acceptors (Lipinski definition) is 3. The van der Waals surface area contributed by atoms with Crippen LogP contribution in [0, 0.1) is 11.8 Å². The number of nitrogens with zero attached hydrogens (tertiary/aromatic N) is 2. The summed E-state index contributed by atoms with van der Waals surface area (Å²) in [5.74, 6) is 2.08. The van der Waals surface area contributed by atoms with Gasteiger partial charge in [0.15, 0.2) is 0 Å². The van der Waals surface area contributed by atoms with Crippen LogP contribution in [0.25, 0.3) is 0 Å².